The van der Waals surface area contributed by atoms with E-state index in [-0.39, 0.29) is 18.4 Å². The quantitative estimate of drug-likeness (QED) is 0.568. The summed E-state index contributed by atoms with van der Waals surface area (Å²) in [5.74, 6) is 1.37. The predicted octanol–water partition coefficient (Wildman–Crippen LogP) is 3.81. The van der Waals surface area contributed by atoms with Crippen LogP contribution in [0.1, 0.15) is 52.5 Å². The first-order valence-corrected chi connectivity index (χ1v) is 11.3. The molecule has 2 rings (SSSR count). The summed E-state index contributed by atoms with van der Waals surface area (Å²) in [5, 5.41) is 5.68. The van der Waals surface area contributed by atoms with Gasteiger partial charge >= 0.3 is 6.09 Å². The van der Waals surface area contributed by atoms with Crippen LogP contribution in [0.2, 0.25) is 0 Å². The number of benzene rings is 1. The maximum Gasteiger partial charge on any atom is 0.408 e. The molecule has 0 aliphatic carbocycles. The third kappa shape index (κ3) is 8.74. The molecule has 1 aliphatic heterocycles. The van der Waals surface area contributed by atoms with Crippen molar-refractivity contribution in [2.75, 3.05) is 26.2 Å². The Hall–Kier alpha value is -2.08. The van der Waals surface area contributed by atoms with Crippen LogP contribution >= 0.6 is 0 Å². The van der Waals surface area contributed by atoms with Crippen molar-refractivity contribution in [1.82, 2.24) is 15.5 Å². The van der Waals surface area contributed by atoms with E-state index in [4.69, 9.17) is 4.74 Å². The fraction of sp³-hybridized carbons (Fsp3) is 0.667. The molecule has 6 nitrogen and oxygen atoms in total. The number of rotatable bonds is 10. The zero-order chi connectivity index (χ0) is 21.9. The van der Waals surface area contributed by atoms with E-state index >= 15 is 0 Å². The van der Waals surface area contributed by atoms with Gasteiger partial charge in [0.25, 0.3) is 0 Å². The summed E-state index contributed by atoms with van der Waals surface area (Å²) in [6.07, 6.45) is 2.76. The van der Waals surface area contributed by atoms with Crippen LogP contribution in [0.3, 0.4) is 0 Å². The number of hydrogen-bond acceptors (Lipinski definition) is 4. The minimum Gasteiger partial charge on any atom is -0.445 e. The van der Waals surface area contributed by atoms with Crippen molar-refractivity contribution in [1.29, 1.82) is 0 Å². The molecule has 1 aliphatic rings. The smallest absolute Gasteiger partial charge is 0.408 e. The number of alkyl carbamates (subject to hydrolysis) is 1. The topological polar surface area (TPSA) is 70.7 Å². The van der Waals surface area contributed by atoms with Crippen molar-refractivity contribution in [3.05, 3.63) is 35.9 Å². The predicted molar refractivity (Wildman–Crippen MR) is 120 cm³/mol. The number of likely N-dealkylation sites (tertiary alicyclic amines) is 1. The highest BCUT2D eigenvalue weighted by Crippen LogP contribution is 2.20. The van der Waals surface area contributed by atoms with Crippen LogP contribution < -0.4 is 10.6 Å². The van der Waals surface area contributed by atoms with Crippen molar-refractivity contribution in [3.8, 4) is 0 Å². The minimum absolute atomic E-state index is 0.0226. The lowest BCUT2D eigenvalue weighted by Gasteiger charge is -2.34. The zero-order valence-electron chi connectivity index (χ0n) is 19.0. The number of nitrogens with zero attached hydrogens (tertiary/aromatic N) is 1. The van der Waals surface area contributed by atoms with E-state index < -0.39 is 12.1 Å². The molecule has 0 aromatic heterocycles. The maximum atomic E-state index is 12.6. The summed E-state index contributed by atoms with van der Waals surface area (Å²) >= 11 is 0. The first-order valence-electron chi connectivity index (χ1n) is 11.3. The number of hydrogen-bond donors (Lipinski definition) is 2. The Morgan fingerprint density at radius 3 is 2.40 bits per heavy atom. The number of piperidine rings is 1. The largest absolute Gasteiger partial charge is 0.445 e. The second kappa shape index (κ2) is 12.6. The highest BCUT2D eigenvalue weighted by atomic mass is 16.5. The highest BCUT2D eigenvalue weighted by molar-refractivity contribution is 5.85. The molecular formula is C24H39N3O3. The van der Waals surface area contributed by atoms with Crippen LogP contribution in [0.5, 0.6) is 0 Å². The summed E-state index contributed by atoms with van der Waals surface area (Å²) in [6.45, 7) is 12.7. The van der Waals surface area contributed by atoms with E-state index in [1.54, 1.807) is 0 Å². The van der Waals surface area contributed by atoms with Gasteiger partial charge in [0.05, 0.1) is 0 Å². The Labute approximate surface area is 181 Å². The average molecular weight is 418 g/mol. The maximum absolute atomic E-state index is 12.6. The number of nitrogens with one attached hydrogen (secondary N) is 2. The van der Waals surface area contributed by atoms with E-state index in [1.807, 2.05) is 44.2 Å². The molecule has 1 saturated heterocycles. The van der Waals surface area contributed by atoms with Gasteiger partial charge in [-0.2, -0.15) is 0 Å². The van der Waals surface area contributed by atoms with Gasteiger partial charge in [0, 0.05) is 19.6 Å². The van der Waals surface area contributed by atoms with Crippen LogP contribution in [-0.4, -0.2) is 49.1 Å². The molecule has 3 atom stereocenters. The van der Waals surface area contributed by atoms with Crippen LogP contribution in [0.4, 0.5) is 4.79 Å². The molecule has 1 fully saturated rings. The lowest BCUT2D eigenvalue weighted by atomic mass is 9.92. The van der Waals surface area contributed by atoms with Crippen molar-refractivity contribution in [2.45, 2.75) is 59.6 Å². The molecule has 1 aromatic rings. The van der Waals surface area contributed by atoms with Gasteiger partial charge in [0.2, 0.25) is 5.91 Å². The Bertz CT molecular complexity index is 640. The van der Waals surface area contributed by atoms with Crippen molar-refractivity contribution in [3.63, 3.8) is 0 Å². The van der Waals surface area contributed by atoms with Gasteiger partial charge in [0.1, 0.15) is 12.6 Å². The standard InChI is InChI=1S/C24H39N3O3/c1-18(2)22(26-24(29)30-17-21-10-6-5-7-11-21)23(28)25-12-8-9-13-27-15-19(3)14-20(4)16-27/h5-7,10-11,18-20,22H,8-9,12-17H2,1-4H3,(H,25,28)(H,26,29)/t19?,20?,22-/m0/s1. The van der Waals surface area contributed by atoms with Crippen molar-refractivity contribution in [2.24, 2.45) is 17.8 Å². The summed E-state index contributed by atoms with van der Waals surface area (Å²) in [7, 11) is 0. The molecule has 2 amide bonds. The minimum atomic E-state index is -0.600. The Kier molecular flexibility index (Phi) is 10.1. The normalized spacial score (nSPS) is 20.6. The van der Waals surface area contributed by atoms with Gasteiger partial charge in [-0.3, -0.25) is 4.79 Å². The van der Waals surface area contributed by atoms with Gasteiger partial charge in [-0.1, -0.05) is 58.0 Å². The lowest BCUT2D eigenvalue weighted by Crippen LogP contribution is -2.50. The number of amides is 2. The second-order valence-electron chi connectivity index (χ2n) is 9.13. The molecule has 30 heavy (non-hydrogen) atoms. The SMILES string of the molecule is CC1CC(C)CN(CCCCNC(=O)[C@@H](NC(=O)OCc2ccccc2)C(C)C)C1. The first-order chi connectivity index (χ1) is 14.3. The Morgan fingerprint density at radius 2 is 1.77 bits per heavy atom. The van der Waals surface area contributed by atoms with Gasteiger partial charge in [-0.05, 0) is 49.1 Å². The molecule has 0 radical (unpaired) electrons. The molecule has 1 heterocycles. The summed E-state index contributed by atoms with van der Waals surface area (Å²) in [5.41, 5.74) is 0.913. The van der Waals surface area contributed by atoms with Crippen LogP contribution in [-0.2, 0) is 16.1 Å². The third-order valence-corrected chi connectivity index (χ3v) is 5.58. The number of carbonyl (C=O) groups is 2. The average Bonchev–Trinajstić information content (AvgIpc) is 2.70. The van der Waals surface area contributed by atoms with E-state index in [0.29, 0.717) is 6.54 Å². The lowest BCUT2D eigenvalue weighted by molar-refractivity contribution is -0.124. The second-order valence-corrected chi connectivity index (χ2v) is 9.13. The molecule has 0 saturated carbocycles. The van der Waals surface area contributed by atoms with Crippen LogP contribution in [0, 0.1) is 17.8 Å². The third-order valence-electron chi connectivity index (χ3n) is 5.58. The molecule has 0 bridgehead atoms. The van der Waals surface area contributed by atoms with Crippen LogP contribution in [0.15, 0.2) is 30.3 Å². The van der Waals surface area contributed by atoms with Gasteiger partial charge < -0.3 is 20.3 Å². The zero-order valence-corrected chi connectivity index (χ0v) is 19.0. The van der Waals surface area contributed by atoms with E-state index in [0.717, 1.165) is 36.8 Å². The molecule has 1 aromatic carbocycles. The van der Waals surface area contributed by atoms with Crippen molar-refractivity contribution >= 4 is 12.0 Å². The van der Waals surface area contributed by atoms with E-state index in [1.165, 1.54) is 19.5 Å². The first kappa shape index (κ1) is 24.2. The Morgan fingerprint density at radius 1 is 1.10 bits per heavy atom. The molecule has 6 heteroatoms. The fourth-order valence-corrected chi connectivity index (χ4v) is 4.18. The van der Waals surface area contributed by atoms with Gasteiger partial charge in [-0.15, -0.1) is 0 Å². The fourth-order valence-electron chi connectivity index (χ4n) is 4.18. The molecule has 168 valence electrons. The molecule has 0 spiro atoms. The van der Waals surface area contributed by atoms with Gasteiger partial charge in [0.15, 0.2) is 0 Å². The summed E-state index contributed by atoms with van der Waals surface area (Å²) in [6, 6.07) is 8.89. The summed E-state index contributed by atoms with van der Waals surface area (Å²) in [4.78, 5) is 27.2. The van der Waals surface area contributed by atoms with Crippen LogP contribution in [0.25, 0.3) is 0 Å². The highest BCUT2D eigenvalue weighted by Gasteiger charge is 2.25. The molecular weight excluding hydrogens is 378 g/mol. The van der Waals surface area contributed by atoms with E-state index in [2.05, 4.69) is 29.4 Å². The summed E-state index contributed by atoms with van der Waals surface area (Å²) < 4.78 is 5.25. The number of ether oxygens (including phenoxy) is 1. The molecule has 2 N–H and O–H groups in total. The molecule has 2 unspecified atom stereocenters. The number of unbranched alkanes of at least 4 members (excludes halogenated alkanes) is 1. The number of carbonyl (C=O) groups excluding carboxylic acids is 2. The van der Waals surface area contributed by atoms with E-state index in [9.17, 15) is 9.59 Å². The monoisotopic (exact) mass is 417 g/mol. The Balaban J connectivity index is 1.66. The van der Waals surface area contributed by atoms with Gasteiger partial charge in [-0.25, -0.2) is 4.79 Å². The van der Waals surface area contributed by atoms with Crippen molar-refractivity contribution < 1.29 is 14.3 Å².